The highest BCUT2D eigenvalue weighted by atomic mass is 16.4. The van der Waals surface area contributed by atoms with Crippen molar-refractivity contribution in [2.24, 2.45) is 0 Å². The van der Waals surface area contributed by atoms with Crippen LogP contribution in [0.15, 0.2) is 18.2 Å². The van der Waals surface area contributed by atoms with E-state index < -0.39 is 5.97 Å². The summed E-state index contributed by atoms with van der Waals surface area (Å²) in [6.45, 7) is 6.54. The summed E-state index contributed by atoms with van der Waals surface area (Å²) in [5, 5.41) is 18.5. The van der Waals surface area contributed by atoms with Gasteiger partial charge in [-0.05, 0) is 31.5 Å². The Morgan fingerprint density at radius 1 is 1.35 bits per heavy atom. The van der Waals surface area contributed by atoms with Crippen molar-refractivity contribution in [2.45, 2.75) is 45.8 Å². The first-order chi connectivity index (χ1) is 9.40. The zero-order chi connectivity index (χ0) is 14.9. The van der Waals surface area contributed by atoms with E-state index in [4.69, 9.17) is 5.11 Å². The van der Waals surface area contributed by atoms with Crippen molar-refractivity contribution in [2.75, 3.05) is 0 Å². The summed E-state index contributed by atoms with van der Waals surface area (Å²) in [5.74, 6) is 0.212. The first kappa shape index (κ1) is 14.5. The average molecular weight is 276 g/mol. The van der Waals surface area contributed by atoms with Crippen LogP contribution in [0.4, 0.5) is 0 Å². The first-order valence-corrected chi connectivity index (χ1v) is 6.81. The molecule has 0 aliphatic heterocycles. The third kappa shape index (κ3) is 2.82. The van der Waals surface area contributed by atoms with Crippen molar-refractivity contribution in [1.82, 2.24) is 9.55 Å². The molecule has 5 nitrogen and oxygen atoms in total. The average Bonchev–Trinajstić information content (AvgIpc) is 2.73. The van der Waals surface area contributed by atoms with Gasteiger partial charge in [-0.1, -0.05) is 13.8 Å². The van der Waals surface area contributed by atoms with Crippen LogP contribution in [0.3, 0.4) is 0 Å². The second-order valence-electron chi connectivity index (χ2n) is 5.42. The maximum atomic E-state index is 11.0. The Kier molecular flexibility index (Phi) is 4.09. The van der Waals surface area contributed by atoms with Crippen molar-refractivity contribution in [3.63, 3.8) is 0 Å². The van der Waals surface area contributed by atoms with E-state index in [2.05, 4.69) is 23.4 Å². The summed E-state index contributed by atoms with van der Waals surface area (Å²) in [6.07, 6.45) is 0.275. The number of aromatic carboxylic acids is 1. The molecule has 108 valence electrons. The molecule has 2 N–H and O–H groups in total. The molecule has 1 aromatic carbocycles. The molecule has 0 bridgehead atoms. The van der Waals surface area contributed by atoms with Crippen LogP contribution < -0.4 is 0 Å². The molecule has 1 atom stereocenters. The van der Waals surface area contributed by atoms with Crippen molar-refractivity contribution in [3.8, 4) is 0 Å². The number of nitrogens with zero attached hydrogens (tertiary/aromatic N) is 2. The normalized spacial score (nSPS) is 13.1. The lowest BCUT2D eigenvalue weighted by atomic mass is 10.2. The number of carboxylic acids is 1. The number of aromatic nitrogens is 2. The summed E-state index contributed by atoms with van der Waals surface area (Å²) in [6, 6.07) is 4.98. The van der Waals surface area contributed by atoms with Crippen molar-refractivity contribution in [3.05, 3.63) is 29.6 Å². The molecule has 20 heavy (non-hydrogen) atoms. The molecule has 0 fully saturated rings. The molecule has 1 unspecified atom stereocenters. The smallest absolute Gasteiger partial charge is 0.335 e. The third-order valence-corrected chi connectivity index (χ3v) is 3.31. The number of aliphatic hydroxyl groups excluding tert-OH is 1. The Balaban J connectivity index is 2.51. The van der Waals surface area contributed by atoms with Crippen LogP contribution >= 0.6 is 0 Å². The Labute approximate surface area is 117 Å². The van der Waals surface area contributed by atoms with Crippen LogP contribution in [-0.4, -0.2) is 31.8 Å². The lowest BCUT2D eigenvalue weighted by Crippen LogP contribution is -2.10. The fourth-order valence-corrected chi connectivity index (χ4v) is 2.27. The standard InChI is InChI=1S/C15H20N2O3/c1-9(2)14-16-12-8-11(15(19)20)4-5-13(12)17(14)7-6-10(3)18/h4-5,8-10,18H,6-7H2,1-3H3,(H,19,20). The van der Waals surface area contributed by atoms with Gasteiger partial charge in [0.15, 0.2) is 0 Å². The largest absolute Gasteiger partial charge is 0.478 e. The summed E-state index contributed by atoms with van der Waals surface area (Å²) in [7, 11) is 0. The molecule has 5 heteroatoms. The summed E-state index contributed by atoms with van der Waals surface area (Å²) in [5.41, 5.74) is 1.85. The number of aliphatic hydroxyl groups is 1. The molecule has 0 aliphatic rings. The summed E-state index contributed by atoms with van der Waals surface area (Å²) < 4.78 is 2.07. The van der Waals surface area contributed by atoms with Crippen LogP contribution in [-0.2, 0) is 6.54 Å². The number of imidazole rings is 1. The summed E-state index contributed by atoms with van der Waals surface area (Å²) in [4.78, 5) is 15.6. The number of fused-ring (bicyclic) bond motifs is 1. The van der Waals surface area contributed by atoms with Gasteiger partial charge in [0.05, 0.1) is 22.7 Å². The fourth-order valence-electron chi connectivity index (χ4n) is 2.27. The highest BCUT2D eigenvalue weighted by Gasteiger charge is 2.15. The van der Waals surface area contributed by atoms with Gasteiger partial charge >= 0.3 is 5.97 Å². The van der Waals surface area contributed by atoms with E-state index in [1.807, 2.05) is 0 Å². The number of benzene rings is 1. The van der Waals surface area contributed by atoms with E-state index in [-0.39, 0.29) is 17.6 Å². The van der Waals surface area contributed by atoms with Crippen molar-refractivity contribution >= 4 is 17.0 Å². The quantitative estimate of drug-likeness (QED) is 0.880. The molecule has 0 amide bonds. The van der Waals surface area contributed by atoms with Crippen LogP contribution in [0, 0.1) is 0 Å². The lowest BCUT2D eigenvalue weighted by Gasteiger charge is -2.12. The zero-order valence-electron chi connectivity index (χ0n) is 12.0. The van der Waals surface area contributed by atoms with Gasteiger partial charge in [0, 0.05) is 12.5 Å². The molecule has 0 saturated heterocycles. The predicted molar refractivity (Wildman–Crippen MR) is 77.1 cm³/mol. The molecule has 0 spiro atoms. The number of carbonyl (C=O) groups is 1. The Morgan fingerprint density at radius 3 is 2.60 bits per heavy atom. The molecule has 0 saturated carbocycles. The molecule has 1 heterocycles. The molecule has 0 radical (unpaired) electrons. The van der Waals surface area contributed by atoms with Gasteiger partial charge in [0.25, 0.3) is 0 Å². The number of rotatable bonds is 5. The molecule has 2 aromatic rings. The van der Waals surface area contributed by atoms with Crippen LogP contribution in [0.25, 0.3) is 11.0 Å². The number of hydrogen-bond donors (Lipinski definition) is 2. The van der Waals surface area contributed by atoms with E-state index >= 15 is 0 Å². The van der Waals surface area contributed by atoms with Gasteiger partial charge < -0.3 is 14.8 Å². The number of hydrogen-bond acceptors (Lipinski definition) is 3. The van der Waals surface area contributed by atoms with Crippen LogP contribution in [0.1, 0.15) is 49.3 Å². The molecule has 2 rings (SSSR count). The minimum absolute atomic E-state index is 0.240. The van der Waals surface area contributed by atoms with Crippen LogP contribution in [0.5, 0.6) is 0 Å². The molecule has 1 aromatic heterocycles. The minimum atomic E-state index is -0.948. The maximum Gasteiger partial charge on any atom is 0.335 e. The minimum Gasteiger partial charge on any atom is -0.478 e. The number of carboxylic acid groups (broad SMARTS) is 1. The van der Waals surface area contributed by atoms with Gasteiger partial charge in [-0.3, -0.25) is 0 Å². The second-order valence-corrected chi connectivity index (χ2v) is 5.42. The van der Waals surface area contributed by atoms with Gasteiger partial charge in [-0.15, -0.1) is 0 Å². The molecular formula is C15H20N2O3. The van der Waals surface area contributed by atoms with Gasteiger partial charge in [0.2, 0.25) is 0 Å². The highest BCUT2D eigenvalue weighted by Crippen LogP contribution is 2.23. The van der Waals surface area contributed by atoms with Gasteiger partial charge in [-0.25, -0.2) is 9.78 Å². The predicted octanol–water partition coefficient (Wildman–Crippen LogP) is 2.63. The van der Waals surface area contributed by atoms with Gasteiger partial charge in [0.1, 0.15) is 5.82 Å². The summed E-state index contributed by atoms with van der Waals surface area (Å²) >= 11 is 0. The van der Waals surface area contributed by atoms with E-state index in [1.54, 1.807) is 25.1 Å². The first-order valence-electron chi connectivity index (χ1n) is 6.81. The Hall–Kier alpha value is -1.88. The van der Waals surface area contributed by atoms with Crippen LogP contribution in [0.2, 0.25) is 0 Å². The van der Waals surface area contributed by atoms with E-state index in [9.17, 15) is 9.90 Å². The molecular weight excluding hydrogens is 256 g/mol. The SMILES string of the molecule is CC(O)CCn1c(C(C)C)nc2cc(C(=O)O)ccc21. The fraction of sp³-hybridized carbons (Fsp3) is 0.467. The Morgan fingerprint density at radius 2 is 2.05 bits per heavy atom. The maximum absolute atomic E-state index is 11.0. The Bertz CT molecular complexity index is 629. The second kappa shape index (κ2) is 5.63. The van der Waals surface area contributed by atoms with Crippen molar-refractivity contribution in [1.29, 1.82) is 0 Å². The van der Waals surface area contributed by atoms with Crippen molar-refractivity contribution < 1.29 is 15.0 Å². The topological polar surface area (TPSA) is 75.3 Å². The van der Waals surface area contributed by atoms with E-state index in [1.165, 1.54) is 0 Å². The monoisotopic (exact) mass is 276 g/mol. The number of aryl methyl sites for hydroxylation is 1. The highest BCUT2D eigenvalue weighted by molar-refractivity contribution is 5.92. The third-order valence-electron chi connectivity index (χ3n) is 3.31. The van der Waals surface area contributed by atoms with Gasteiger partial charge in [-0.2, -0.15) is 0 Å². The lowest BCUT2D eigenvalue weighted by molar-refractivity contribution is 0.0697. The molecule has 0 aliphatic carbocycles. The van der Waals surface area contributed by atoms with E-state index in [0.29, 0.717) is 18.5 Å². The zero-order valence-corrected chi connectivity index (χ0v) is 12.0. The van der Waals surface area contributed by atoms with E-state index in [0.717, 1.165) is 11.3 Å².